The van der Waals surface area contributed by atoms with Crippen molar-refractivity contribution in [3.8, 4) is 0 Å². The molecule has 12 heavy (non-hydrogen) atoms. The highest BCUT2D eigenvalue weighted by Gasteiger charge is 2.48. The normalized spacial score (nSPS) is 47.5. The topological polar surface area (TPSA) is 21.3 Å². The summed E-state index contributed by atoms with van der Waals surface area (Å²) in [4.78, 5) is 0. The third-order valence-corrected chi connectivity index (χ3v) is 3.90. The second kappa shape index (κ2) is 3.00. The van der Waals surface area contributed by atoms with Gasteiger partial charge in [-0.05, 0) is 43.7 Å². The molecule has 1 N–H and O–H groups in total. The van der Waals surface area contributed by atoms with Crippen LogP contribution in [0.25, 0.3) is 0 Å². The number of nitrogens with one attached hydrogen (secondary N) is 1. The second-order valence-electron chi connectivity index (χ2n) is 4.48. The van der Waals surface area contributed by atoms with Gasteiger partial charge in [0.1, 0.15) is 0 Å². The molecule has 2 rings (SSSR count). The van der Waals surface area contributed by atoms with Crippen molar-refractivity contribution in [2.45, 2.75) is 32.3 Å². The molecule has 1 unspecified atom stereocenters. The van der Waals surface area contributed by atoms with Crippen molar-refractivity contribution in [2.24, 2.45) is 11.3 Å². The molecule has 0 bridgehead atoms. The Hall–Kier alpha value is -0.0800. The molecular formula is C10H19NO. The molecule has 0 aromatic heterocycles. The predicted octanol–water partition coefficient (Wildman–Crippen LogP) is 1.41. The summed E-state index contributed by atoms with van der Waals surface area (Å²) in [7, 11) is 1.84. The van der Waals surface area contributed by atoms with Crippen molar-refractivity contribution >= 4 is 0 Å². The lowest BCUT2D eigenvalue weighted by Crippen LogP contribution is -2.53. The number of methoxy groups -OCH3 is 1. The molecule has 1 saturated heterocycles. The summed E-state index contributed by atoms with van der Waals surface area (Å²) in [6, 6.07) is 0. The average molecular weight is 169 g/mol. The highest BCUT2D eigenvalue weighted by atomic mass is 16.5. The monoisotopic (exact) mass is 169 g/mol. The van der Waals surface area contributed by atoms with Gasteiger partial charge in [-0.2, -0.15) is 0 Å². The molecule has 0 aromatic carbocycles. The summed E-state index contributed by atoms with van der Waals surface area (Å²) >= 11 is 0. The summed E-state index contributed by atoms with van der Waals surface area (Å²) in [5, 5.41) is 3.45. The minimum Gasteiger partial charge on any atom is -0.381 e. The van der Waals surface area contributed by atoms with E-state index >= 15 is 0 Å². The Kier molecular flexibility index (Phi) is 2.13. The van der Waals surface area contributed by atoms with Crippen molar-refractivity contribution < 1.29 is 4.74 Å². The predicted molar refractivity (Wildman–Crippen MR) is 49.1 cm³/mol. The Labute approximate surface area is 74.7 Å². The van der Waals surface area contributed by atoms with Crippen LogP contribution in [0.4, 0.5) is 0 Å². The Bertz CT molecular complexity index is 163. The molecule has 1 aliphatic heterocycles. The number of piperidine rings is 1. The van der Waals surface area contributed by atoms with Crippen LogP contribution in [0.2, 0.25) is 0 Å². The SMILES string of the molecule is COC1CC2(CCNCC2C)C1. The summed E-state index contributed by atoms with van der Waals surface area (Å²) in [5.74, 6) is 0.845. The first-order valence-corrected chi connectivity index (χ1v) is 5.00. The number of hydrogen-bond donors (Lipinski definition) is 1. The Balaban J connectivity index is 1.94. The van der Waals surface area contributed by atoms with Gasteiger partial charge in [0.15, 0.2) is 0 Å². The van der Waals surface area contributed by atoms with Gasteiger partial charge in [-0.1, -0.05) is 6.92 Å². The van der Waals surface area contributed by atoms with Crippen molar-refractivity contribution in [3.63, 3.8) is 0 Å². The molecule has 2 nitrogen and oxygen atoms in total. The summed E-state index contributed by atoms with van der Waals surface area (Å²) < 4.78 is 5.34. The molecule has 1 saturated carbocycles. The van der Waals surface area contributed by atoms with Gasteiger partial charge in [-0.3, -0.25) is 0 Å². The van der Waals surface area contributed by atoms with Gasteiger partial charge in [-0.25, -0.2) is 0 Å². The molecule has 0 radical (unpaired) electrons. The highest BCUT2D eigenvalue weighted by molar-refractivity contribution is 5.00. The lowest BCUT2D eigenvalue weighted by Gasteiger charge is -2.53. The molecule has 0 amide bonds. The molecule has 2 heteroatoms. The van der Waals surface area contributed by atoms with Crippen LogP contribution in [0.1, 0.15) is 26.2 Å². The van der Waals surface area contributed by atoms with Gasteiger partial charge < -0.3 is 10.1 Å². The second-order valence-corrected chi connectivity index (χ2v) is 4.48. The molecule has 0 aromatic rings. The fraction of sp³-hybridized carbons (Fsp3) is 1.00. The van der Waals surface area contributed by atoms with Crippen LogP contribution in [0.3, 0.4) is 0 Å². The first kappa shape index (κ1) is 8.52. The van der Waals surface area contributed by atoms with Gasteiger partial charge in [0.05, 0.1) is 6.10 Å². The first-order valence-electron chi connectivity index (χ1n) is 5.00. The van der Waals surface area contributed by atoms with Crippen LogP contribution in [-0.4, -0.2) is 26.3 Å². The van der Waals surface area contributed by atoms with E-state index in [-0.39, 0.29) is 0 Å². The van der Waals surface area contributed by atoms with E-state index in [9.17, 15) is 0 Å². The minimum atomic E-state index is 0.561. The fourth-order valence-electron chi connectivity index (χ4n) is 2.74. The molecular weight excluding hydrogens is 150 g/mol. The minimum absolute atomic E-state index is 0.561. The van der Waals surface area contributed by atoms with Crippen LogP contribution < -0.4 is 5.32 Å². The van der Waals surface area contributed by atoms with E-state index in [1.807, 2.05) is 7.11 Å². The molecule has 1 atom stereocenters. The average Bonchev–Trinajstić information content (AvgIpc) is 2.02. The van der Waals surface area contributed by atoms with Crippen LogP contribution in [0.5, 0.6) is 0 Å². The lowest BCUT2D eigenvalue weighted by atomic mass is 9.57. The Morgan fingerprint density at radius 3 is 2.75 bits per heavy atom. The van der Waals surface area contributed by atoms with Gasteiger partial charge in [0.25, 0.3) is 0 Å². The van der Waals surface area contributed by atoms with Gasteiger partial charge in [0.2, 0.25) is 0 Å². The van der Waals surface area contributed by atoms with Crippen LogP contribution >= 0.6 is 0 Å². The lowest BCUT2D eigenvalue weighted by molar-refractivity contribution is -0.0992. The van der Waals surface area contributed by atoms with E-state index in [0.717, 1.165) is 5.92 Å². The fourth-order valence-corrected chi connectivity index (χ4v) is 2.74. The highest BCUT2D eigenvalue weighted by Crippen LogP contribution is 2.51. The molecule has 1 aliphatic carbocycles. The standard InChI is InChI=1S/C10H19NO/c1-8-7-11-4-3-10(8)5-9(6-10)12-2/h8-9,11H,3-7H2,1-2H3. The van der Waals surface area contributed by atoms with Crippen LogP contribution in [-0.2, 0) is 4.74 Å². The molecule has 2 aliphatic rings. The van der Waals surface area contributed by atoms with E-state index in [4.69, 9.17) is 4.74 Å². The quantitative estimate of drug-likeness (QED) is 0.641. The van der Waals surface area contributed by atoms with Gasteiger partial charge >= 0.3 is 0 Å². The zero-order valence-electron chi connectivity index (χ0n) is 8.10. The first-order chi connectivity index (χ1) is 5.77. The van der Waals surface area contributed by atoms with Crippen molar-refractivity contribution in [1.29, 1.82) is 0 Å². The van der Waals surface area contributed by atoms with E-state index in [0.29, 0.717) is 11.5 Å². The largest absolute Gasteiger partial charge is 0.381 e. The third kappa shape index (κ3) is 1.17. The maximum atomic E-state index is 5.34. The molecule has 70 valence electrons. The smallest absolute Gasteiger partial charge is 0.0582 e. The summed E-state index contributed by atoms with van der Waals surface area (Å²) in [6.45, 7) is 4.79. The van der Waals surface area contributed by atoms with E-state index in [2.05, 4.69) is 12.2 Å². The maximum Gasteiger partial charge on any atom is 0.0582 e. The zero-order valence-corrected chi connectivity index (χ0v) is 8.10. The molecule has 1 spiro atoms. The van der Waals surface area contributed by atoms with Crippen LogP contribution in [0, 0.1) is 11.3 Å². The van der Waals surface area contributed by atoms with E-state index in [1.54, 1.807) is 0 Å². The summed E-state index contributed by atoms with van der Waals surface area (Å²) in [5.41, 5.74) is 0.645. The van der Waals surface area contributed by atoms with Crippen molar-refractivity contribution in [2.75, 3.05) is 20.2 Å². The Morgan fingerprint density at radius 1 is 1.42 bits per heavy atom. The van der Waals surface area contributed by atoms with Crippen molar-refractivity contribution in [1.82, 2.24) is 5.32 Å². The van der Waals surface area contributed by atoms with Crippen molar-refractivity contribution in [3.05, 3.63) is 0 Å². The van der Waals surface area contributed by atoms with E-state index < -0.39 is 0 Å². The number of hydrogen-bond acceptors (Lipinski definition) is 2. The third-order valence-electron chi connectivity index (χ3n) is 3.90. The maximum absolute atomic E-state index is 5.34. The van der Waals surface area contributed by atoms with Gasteiger partial charge in [0, 0.05) is 7.11 Å². The zero-order chi connectivity index (χ0) is 8.60. The molecule has 1 heterocycles. The number of rotatable bonds is 1. The Morgan fingerprint density at radius 2 is 2.17 bits per heavy atom. The van der Waals surface area contributed by atoms with Gasteiger partial charge in [-0.15, -0.1) is 0 Å². The number of ether oxygens (including phenoxy) is 1. The van der Waals surface area contributed by atoms with E-state index in [1.165, 1.54) is 32.4 Å². The molecule has 2 fully saturated rings. The van der Waals surface area contributed by atoms with Crippen LogP contribution in [0.15, 0.2) is 0 Å². The summed E-state index contributed by atoms with van der Waals surface area (Å²) in [6.07, 6.45) is 4.51.